The Balaban J connectivity index is 2.07. The Morgan fingerprint density at radius 2 is 2.00 bits per heavy atom. The maximum absolute atomic E-state index is 11.5. The van der Waals surface area contributed by atoms with Crippen molar-refractivity contribution in [3.63, 3.8) is 0 Å². The summed E-state index contributed by atoms with van der Waals surface area (Å²) in [6.45, 7) is 9.53. The molecule has 20 heavy (non-hydrogen) atoms. The highest BCUT2D eigenvalue weighted by Gasteiger charge is 2.15. The molecular formula is C16H25NO3. The molecule has 0 bridgehead atoms. The molecule has 4 nitrogen and oxygen atoms in total. The average molecular weight is 279 g/mol. The van der Waals surface area contributed by atoms with Crippen LogP contribution in [0, 0.1) is 6.92 Å². The molecule has 4 heteroatoms. The van der Waals surface area contributed by atoms with Gasteiger partial charge in [-0.1, -0.05) is 12.1 Å². The van der Waals surface area contributed by atoms with E-state index >= 15 is 0 Å². The Kier molecular flexibility index (Phi) is 6.52. The molecule has 0 aliphatic heterocycles. The zero-order valence-corrected chi connectivity index (χ0v) is 12.9. The van der Waals surface area contributed by atoms with Crippen molar-refractivity contribution in [3.05, 3.63) is 29.8 Å². The minimum absolute atomic E-state index is 0.176. The van der Waals surface area contributed by atoms with Gasteiger partial charge >= 0.3 is 5.97 Å². The lowest BCUT2D eigenvalue weighted by Gasteiger charge is -2.19. The highest BCUT2D eigenvalue weighted by atomic mass is 16.6. The van der Waals surface area contributed by atoms with Crippen molar-refractivity contribution in [2.75, 3.05) is 19.7 Å². The molecule has 1 aromatic rings. The molecule has 0 saturated heterocycles. The number of esters is 1. The summed E-state index contributed by atoms with van der Waals surface area (Å²) < 4.78 is 10.8. The minimum atomic E-state index is -0.411. The summed E-state index contributed by atoms with van der Waals surface area (Å²) >= 11 is 0. The van der Waals surface area contributed by atoms with Gasteiger partial charge in [0.2, 0.25) is 0 Å². The van der Waals surface area contributed by atoms with E-state index in [4.69, 9.17) is 9.47 Å². The van der Waals surface area contributed by atoms with Crippen LogP contribution in [-0.2, 0) is 9.53 Å². The maximum atomic E-state index is 11.5. The molecule has 0 spiro atoms. The van der Waals surface area contributed by atoms with Crippen LogP contribution in [0.2, 0.25) is 0 Å². The van der Waals surface area contributed by atoms with E-state index in [0.717, 1.165) is 5.75 Å². The van der Waals surface area contributed by atoms with E-state index in [1.165, 1.54) is 5.56 Å². The number of rotatable bonds is 7. The van der Waals surface area contributed by atoms with Crippen LogP contribution in [0.15, 0.2) is 24.3 Å². The molecule has 0 fully saturated rings. The molecule has 1 N–H and O–H groups in total. The van der Waals surface area contributed by atoms with E-state index < -0.39 is 5.60 Å². The molecule has 0 saturated carbocycles. The number of ether oxygens (including phenoxy) is 2. The first-order chi connectivity index (χ1) is 9.37. The van der Waals surface area contributed by atoms with E-state index in [9.17, 15) is 4.79 Å². The zero-order chi connectivity index (χ0) is 15.0. The van der Waals surface area contributed by atoms with Crippen LogP contribution in [-0.4, -0.2) is 31.3 Å². The number of hydrogen-bond acceptors (Lipinski definition) is 4. The molecule has 1 aromatic carbocycles. The molecule has 0 aliphatic carbocycles. The van der Waals surface area contributed by atoms with E-state index in [2.05, 4.69) is 5.32 Å². The predicted molar refractivity (Wildman–Crippen MR) is 80.0 cm³/mol. The fraction of sp³-hybridized carbons (Fsp3) is 0.562. The van der Waals surface area contributed by atoms with Crippen LogP contribution in [0.3, 0.4) is 0 Å². The van der Waals surface area contributed by atoms with Crippen molar-refractivity contribution < 1.29 is 14.3 Å². The number of hydrogen-bond donors (Lipinski definition) is 1. The molecule has 0 unspecified atom stereocenters. The molecule has 0 aliphatic rings. The lowest BCUT2D eigenvalue weighted by atomic mass is 10.2. The zero-order valence-electron chi connectivity index (χ0n) is 12.9. The van der Waals surface area contributed by atoms with Gasteiger partial charge in [0.05, 0.1) is 6.42 Å². The molecule has 0 heterocycles. The van der Waals surface area contributed by atoms with E-state index in [1.54, 1.807) is 0 Å². The standard InChI is InChI=1S/C16H25NO3/c1-13-6-5-7-14(12-13)19-11-10-17-9-8-15(18)20-16(2,3)4/h5-7,12,17H,8-11H2,1-4H3. The number of aryl methyl sites for hydroxylation is 1. The first kappa shape index (κ1) is 16.5. The Morgan fingerprint density at radius 1 is 1.25 bits per heavy atom. The van der Waals surface area contributed by atoms with Crippen LogP contribution in [0.25, 0.3) is 0 Å². The average Bonchev–Trinajstić information content (AvgIpc) is 2.31. The molecule has 0 amide bonds. The van der Waals surface area contributed by atoms with Gasteiger partial charge in [-0.15, -0.1) is 0 Å². The number of benzene rings is 1. The number of nitrogens with one attached hydrogen (secondary N) is 1. The van der Waals surface area contributed by atoms with Gasteiger partial charge in [-0.25, -0.2) is 0 Å². The highest BCUT2D eigenvalue weighted by molar-refractivity contribution is 5.70. The maximum Gasteiger partial charge on any atom is 0.307 e. The number of carbonyl (C=O) groups is 1. The van der Waals surface area contributed by atoms with E-state index in [0.29, 0.717) is 26.1 Å². The van der Waals surface area contributed by atoms with Gasteiger partial charge in [0.15, 0.2) is 0 Å². The first-order valence-electron chi connectivity index (χ1n) is 6.99. The summed E-state index contributed by atoms with van der Waals surface area (Å²) in [7, 11) is 0. The van der Waals surface area contributed by atoms with Gasteiger partial charge in [0, 0.05) is 13.1 Å². The summed E-state index contributed by atoms with van der Waals surface area (Å²) in [5.74, 6) is 0.698. The summed E-state index contributed by atoms with van der Waals surface area (Å²) in [6.07, 6.45) is 0.377. The van der Waals surface area contributed by atoms with E-state index in [1.807, 2.05) is 52.0 Å². The first-order valence-corrected chi connectivity index (χ1v) is 6.99. The Hall–Kier alpha value is -1.55. The van der Waals surface area contributed by atoms with Crippen molar-refractivity contribution in [2.24, 2.45) is 0 Å². The topological polar surface area (TPSA) is 47.6 Å². The fourth-order valence-electron chi connectivity index (χ4n) is 1.65. The minimum Gasteiger partial charge on any atom is -0.492 e. The van der Waals surface area contributed by atoms with Gasteiger partial charge in [-0.3, -0.25) is 4.79 Å². The third kappa shape index (κ3) is 7.79. The largest absolute Gasteiger partial charge is 0.492 e. The van der Waals surface area contributed by atoms with Gasteiger partial charge in [0.1, 0.15) is 18.0 Å². The lowest BCUT2D eigenvalue weighted by molar-refractivity contribution is -0.154. The normalized spacial score (nSPS) is 11.2. The lowest BCUT2D eigenvalue weighted by Crippen LogP contribution is -2.28. The Labute approximate surface area is 121 Å². The molecule has 0 radical (unpaired) electrons. The van der Waals surface area contributed by atoms with Crippen LogP contribution in [0.1, 0.15) is 32.8 Å². The Bertz CT molecular complexity index is 424. The second-order valence-corrected chi connectivity index (χ2v) is 5.75. The van der Waals surface area contributed by atoms with E-state index in [-0.39, 0.29) is 5.97 Å². The van der Waals surface area contributed by atoms with Crippen molar-refractivity contribution in [3.8, 4) is 5.75 Å². The predicted octanol–water partition coefficient (Wildman–Crippen LogP) is 2.70. The fourth-order valence-corrected chi connectivity index (χ4v) is 1.65. The monoisotopic (exact) mass is 279 g/mol. The van der Waals surface area contributed by atoms with Crippen molar-refractivity contribution in [1.29, 1.82) is 0 Å². The van der Waals surface area contributed by atoms with Crippen molar-refractivity contribution >= 4 is 5.97 Å². The second kappa shape index (κ2) is 7.90. The highest BCUT2D eigenvalue weighted by Crippen LogP contribution is 2.11. The summed E-state index contributed by atoms with van der Waals surface area (Å²) in [5.41, 5.74) is 0.770. The summed E-state index contributed by atoms with van der Waals surface area (Å²) in [4.78, 5) is 11.5. The molecule has 1 rings (SSSR count). The quantitative estimate of drug-likeness (QED) is 0.616. The van der Waals surface area contributed by atoms with Crippen LogP contribution in [0.4, 0.5) is 0 Å². The van der Waals surface area contributed by atoms with Gasteiger partial charge in [-0.05, 0) is 45.4 Å². The van der Waals surface area contributed by atoms with Gasteiger partial charge in [-0.2, -0.15) is 0 Å². The van der Waals surface area contributed by atoms with Crippen molar-refractivity contribution in [1.82, 2.24) is 5.32 Å². The van der Waals surface area contributed by atoms with Crippen LogP contribution in [0.5, 0.6) is 5.75 Å². The van der Waals surface area contributed by atoms with Crippen molar-refractivity contribution in [2.45, 2.75) is 39.7 Å². The molecule has 0 atom stereocenters. The van der Waals surface area contributed by atoms with Gasteiger partial charge in [0.25, 0.3) is 0 Å². The SMILES string of the molecule is Cc1cccc(OCCNCCC(=O)OC(C)(C)C)c1. The van der Waals surface area contributed by atoms with Crippen LogP contribution >= 0.6 is 0 Å². The number of carbonyl (C=O) groups excluding carboxylic acids is 1. The van der Waals surface area contributed by atoms with Gasteiger partial charge < -0.3 is 14.8 Å². The Morgan fingerprint density at radius 3 is 2.65 bits per heavy atom. The molecule has 112 valence electrons. The smallest absolute Gasteiger partial charge is 0.307 e. The summed E-state index contributed by atoms with van der Waals surface area (Å²) in [6, 6.07) is 7.95. The second-order valence-electron chi connectivity index (χ2n) is 5.75. The van der Waals surface area contributed by atoms with Crippen LogP contribution < -0.4 is 10.1 Å². The molecule has 0 aromatic heterocycles. The third-order valence-electron chi connectivity index (χ3n) is 2.46. The third-order valence-corrected chi connectivity index (χ3v) is 2.46. The summed E-state index contributed by atoms with van der Waals surface area (Å²) in [5, 5.41) is 3.16. The molecular weight excluding hydrogens is 254 g/mol.